The van der Waals surface area contributed by atoms with E-state index < -0.39 is 79.3 Å². The molecule has 1 heterocycles. The van der Waals surface area contributed by atoms with Gasteiger partial charge in [0, 0.05) is 26.2 Å². The summed E-state index contributed by atoms with van der Waals surface area (Å²) in [5, 5.41) is 8.35. The summed E-state index contributed by atoms with van der Waals surface area (Å²) in [7, 11) is -2.19. The first-order valence-electron chi connectivity index (χ1n) is 15.6. The molecule has 1 saturated carbocycles. The van der Waals surface area contributed by atoms with E-state index >= 15 is 0 Å². The predicted octanol–water partition coefficient (Wildman–Crippen LogP) is 1.61. The molecule has 0 aromatic heterocycles. The van der Waals surface area contributed by atoms with Crippen LogP contribution in [0, 0.1) is 28.1 Å². The average molecular weight is 657 g/mol. The molecule has 5 N–H and O–H groups in total. The van der Waals surface area contributed by atoms with Gasteiger partial charge in [-0.3, -0.25) is 19.2 Å². The van der Waals surface area contributed by atoms with E-state index in [0.29, 0.717) is 6.54 Å². The minimum Gasteiger partial charge on any atom is -0.363 e. The second kappa shape index (κ2) is 12.8. The molecule has 0 spiro atoms. The summed E-state index contributed by atoms with van der Waals surface area (Å²) in [6.07, 6.45) is 0.152. The molecular weight excluding hydrogens is 600 g/mol. The second-order valence-electron chi connectivity index (χ2n) is 16.3. The van der Waals surface area contributed by atoms with E-state index in [1.165, 1.54) is 16.3 Å². The van der Waals surface area contributed by atoms with Crippen LogP contribution in [0.4, 0.5) is 4.79 Å². The number of likely N-dealkylation sites (N-methyl/N-ethyl adjacent to an activating group) is 1. The van der Waals surface area contributed by atoms with Crippen molar-refractivity contribution in [1.82, 2.24) is 25.2 Å². The van der Waals surface area contributed by atoms with Crippen LogP contribution >= 0.6 is 0 Å². The number of likely N-dealkylation sites (tertiary alicyclic amines) is 1. The Morgan fingerprint density at radius 1 is 0.933 bits per heavy atom. The third kappa shape index (κ3) is 8.16. The summed E-state index contributed by atoms with van der Waals surface area (Å²) in [6, 6.07) is -4.30. The molecule has 258 valence electrons. The number of Topliss-reactive ketones (excluding diaryl/α,β-unsaturated/α-hetero) is 1. The first-order chi connectivity index (χ1) is 20.1. The third-order valence-electron chi connectivity index (χ3n) is 9.41. The summed E-state index contributed by atoms with van der Waals surface area (Å²) in [6.45, 7) is 21.9. The number of carbonyl (C=O) groups is 5. The van der Waals surface area contributed by atoms with E-state index in [2.05, 4.69) is 16.0 Å². The lowest BCUT2D eigenvalue weighted by Gasteiger charge is -2.39. The Labute approximate surface area is 269 Å². The summed E-state index contributed by atoms with van der Waals surface area (Å²) < 4.78 is 26.3. The van der Waals surface area contributed by atoms with E-state index in [-0.39, 0.29) is 30.2 Å². The quantitative estimate of drug-likeness (QED) is 0.243. The number of hydrogen-bond acceptors (Lipinski definition) is 7. The van der Waals surface area contributed by atoms with Crippen molar-refractivity contribution < 1.29 is 32.4 Å². The van der Waals surface area contributed by atoms with Crippen molar-refractivity contribution in [3.8, 4) is 0 Å². The fourth-order valence-electron chi connectivity index (χ4n) is 6.10. The number of piperidine rings is 1. The van der Waals surface area contributed by atoms with Crippen LogP contribution in [0.3, 0.4) is 0 Å². The van der Waals surface area contributed by atoms with Crippen molar-refractivity contribution in [2.24, 2.45) is 33.8 Å². The molecule has 0 bridgehead atoms. The summed E-state index contributed by atoms with van der Waals surface area (Å²) in [4.78, 5) is 66.6. The van der Waals surface area contributed by atoms with E-state index in [0.717, 1.165) is 0 Å². The van der Waals surface area contributed by atoms with Crippen molar-refractivity contribution in [3.63, 3.8) is 0 Å². The fourth-order valence-corrected chi connectivity index (χ4v) is 7.38. The van der Waals surface area contributed by atoms with E-state index in [1.807, 2.05) is 34.6 Å². The van der Waals surface area contributed by atoms with E-state index in [1.54, 1.807) is 48.5 Å². The summed E-state index contributed by atoms with van der Waals surface area (Å²) >= 11 is 0. The van der Waals surface area contributed by atoms with Crippen molar-refractivity contribution in [2.45, 2.75) is 118 Å². The van der Waals surface area contributed by atoms with Gasteiger partial charge in [-0.05, 0) is 55.3 Å². The Kier molecular flexibility index (Phi) is 10.9. The average Bonchev–Trinajstić information content (AvgIpc) is 3.20. The third-order valence-corrected chi connectivity index (χ3v) is 11.9. The van der Waals surface area contributed by atoms with Crippen molar-refractivity contribution in [3.05, 3.63) is 0 Å². The molecule has 0 radical (unpaired) electrons. The zero-order valence-corrected chi connectivity index (χ0v) is 30.1. The van der Waals surface area contributed by atoms with Gasteiger partial charge in [-0.1, -0.05) is 62.3 Å². The first kappa shape index (κ1) is 38.4. The number of nitrogens with zero attached hydrogens (tertiary/aromatic N) is 2. The molecule has 0 aromatic rings. The van der Waals surface area contributed by atoms with Crippen LogP contribution in [0.2, 0.25) is 0 Å². The van der Waals surface area contributed by atoms with Gasteiger partial charge < -0.3 is 26.6 Å². The maximum atomic E-state index is 14.2. The molecule has 2 rings (SSSR count). The summed E-state index contributed by atoms with van der Waals surface area (Å²) in [5.74, 6) is -3.17. The number of nitrogens with two attached hydrogens (primary N) is 1. The highest BCUT2D eigenvalue weighted by Gasteiger charge is 2.70. The number of urea groups is 1. The van der Waals surface area contributed by atoms with Crippen LogP contribution in [-0.4, -0.2) is 96.2 Å². The highest BCUT2D eigenvalue weighted by molar-refractivity contribution is 7.90. The summed E-state index contributed by atoms with van der Waals surface area (Å²) in [5.41, 5.74) is 3.65. The number of amides is 5. The van der Waals surface area contributed by atoms with Crippen molar-refractivity contribution >= 4 is 39.6 Å². The molecule has 1 aliphatic carbocycles. The molecular formula is C31H56N6O7S. The minimum atomic E-state index is -3.67. The van der Waals surface area contributed by atoms with Gasteiger partial charge in [-0.25, -0.2) is 17.5 Å². The lowest BCUT2D eigenvalue weighted by Crippen LogP contribution is -2.62. The van der Waals surface area contributed by atoms with Gasteiger partial charge in [0.25, 0.3) is 5.91 Å². The van der Waals surface area contributed by atoms with Crippen LogP contribution in [0.15, 0.2) is 0 Å². The Balaban J connectivity index is 2.33. The number of ketones is 1. The van der Waals surface area contributed by atoms with E-state index in [9.17, 15) is 32.4 Å². The standard InChI is InChI=1S/C31H56N6O7S/c1-14-18(22(38)24(32)39)33-25(40)21-20-17(31(20,11)12)15-37(21)26(41)23(29(5,6)7)35-27(42)34-19(28(2,3)4)16-36(13)45(43,44)30(8,9)10/h17-21,23H,14-16H2,1-13H3,(H2,32,39)(H,33,40)(H2,34,35,42)/t17-,18?,19+,20-,21-,23+/m0/s1. The maximum Gasteiger partial charge on any atom is 0.315 e. The van der Waals surface area contributed by atoms with E-state index in [4.69, 9.17) is 5.73 Å². The molecule has 45 heavy (non-hydrogen) atoms. The van der Waals surface area contributed by atoms with Gasteiger partial charge in [0.2, 0.25) is 27.6 Å². The van der Waals surface area contributed by atoms with Crippen LogP contribution in [0.25, 0.3) is 0 Å². The van der Waals surface area contributed by atoms with Gasteiger partial charge in [-0.2, -0.15) is 0 Å². The van der Waals surface area contributed by atoms with Gasteiger partial charge in [0.05, 0.1) is 10.8 Å². The van der Waals surface area contributed by atoms with Gasteiger partial charge in [-0.15, -0.1) is 0 Å². The predicted molar refractivity (Wildman–Crippen MR) is 172 cm³/mol. The maximum absolute atomic E-state index is 14.2. The highest BCUT2D eigenvalue weighted by Crippen LogP contribution is 2.65. The Morgan fingerprint density at radius 2 is 1.47 bits per heavy atom. The molecule has 6 atom stereocenters. The lowest BCUT2D eigenvalue weighted by molar-refractivity contribution is -0.145. The lowest BCUT2D eigenvalue weighted by atomic mass is 9.85. The monoisotopic (exact) mass is 656 g/mol. The van der Waals surface area contributed by atoms with Crippen molar-refractivity contribution in [1.29, 1.82) is 0 Å². The molecule has 13 nitrogen and oxygen atoms in total. The highest BCUT2D eigenvalue weighted by atomic mass is 32.2. The van der Waals surface area contributed by atoms with Gasteiger partial charge in [0.1, 0.15) is 12.1 Å². The fraction of sp³-hybridized carbons (Fsp3) is 0.839. The van der Waals surface area contributed by atoms with Crippen LogP contribution < -0.4 is 21.7 Å². The second-order valence-corrected chi connectivity index (χ2v) is 19.1. The zero-order valence-electron chi connectivity index (χ0n) is 29.3. The van der Waals surface area contributed by atoms with Crippen molar-refractivity contribution in [2.75, 3.05) is 20.1 Å². The number of nitrogens with one attached hydrogen (secondary N) is 3. The Morgan fingerprint density at radius 3 is 1.89 bits per heavy atom. The molecule has 1 aliphatic heterocycles. The Hall–Kier alpha value is -2.74. The van der Waals surface area contributed by atoms with Crippen LogP contribution in [0.1, 0.15) is 89.5 Å². The SMILES string of the molecule is CCC(NC(=O)[C@@H]1[C@@H]2[C@H](CN1C(=O)[C@@H](NC(=O)N[C@H](CN(C)S(=O)(=O)C(C)(C)C)C(C)(C)C)C(C)(C)C)C2(C)C)C(=O)C(N)=O. The largest absolute Gasteiger partial charge is 0.363 e. The van der Waals surface area contributed by atoms with Gasteiger partial charge >= 0.3 is 6.03 Å². The molecule has 5 amide bonds. The number of sulfonamides is 1. The number of rotatable bonds is 11. The number of hydrogen-bond donors (Lipinski definition) is 4. The molecule has 1 unspecified atom stereocenters. The molecule has 1 saturated heterocycles. The number of primary amides is 1. The molecule has 2 fully saturated rings. The van der Waals surface area contributed by atoms with Crippen LogP contribution in [-0.2, 0) is 29.2 Å². The number of carbonyl (C=O) groups excluding carboxylic acids is 5. The molecule has 2 aliphatic rings. The molecule has 14 heteroatoms. The Bertz CT molecular complexity index is 1290. The topological polar surface area (TPSA) is 188 Å². The van der Waals surface area contributed by atoms with Gasteiger partial charge in [0.15, 0.2) is 0 Å². The minimum absolute atomic E-state index is 0.0140. The molecule has 0 aromatic carbocycles. The normalized spacial score (nSPS) is 23.4. The number of fused-ring (bicyclic) bond motifs is 1. The zero-order chi connectivity index (χ0) is 35.2. The van der Waals surface area contributed by atoms with Crippen LogP contribution in [0.5, 0.6) is 0 Å². The smallest absolute Gasteiger partial charge is 0.315 e. The first-order valence-corrected chi connectivity index (χ1v) is 17.0.